The van der Waals surface area contributed by atoms with Crippen molar-refractivity contribution in [3.63, 3.8) is 0 Å². The monoisotopic (exact) mass is 324 g/mol. The van der Waals surface area contributed by atoms with E-state index >= 15 is 0 Å². The SMILES string of the molecule is CC1CCN(C(CNC(=O)CCC(=O)O)c2cccs2)CC1. The predicted molar refractivity (Wildman–Crippen MR) is 86.9 cm³/mol. The van der Waals surface area contributed by atoms with Crippen LogP contribution >= 0.6 is 11.3 Å². The molecule has 2 rings (SSSR count). The molecule has 1 aromatic rings. The van der Waals surface area contributed by atoms with Gasteiger partial charge in [0.05, 0.1) is 12.5 Å². The number of thiophene rings is 1. The van der Waals surface area contributed by atoms with E-state index in [0.29, 0.717) is 6.54 Å². The lowest BCUT2D eigenvalue weighted by atomic mass is 9.97. The van der Waals surface area contributed by atoms with Crippen molar-refractivity contribution in [1.82, 2.24) is 10.2 Å². The van der Waals surface area contributed by atoms with Crippen LogP contribution in [-0.2, 0) is 9.59 Å². The molecule has 1 fully saturated rings. The van der Waals surface area contributed by atoms with Gasteiger partial charge < -0.3 is 10.4 Å². The molecule has 1 aliphatic rings. The lowest BCUT2D eigenvalue weighted by Crippen LogP contribution is -2.41. The summed E-state index contributed by atoms with van der Waals surface area (Å²) < 4.78 is 0. The molecule has 1 aromatic heterocycles. The van der Waals surface area contributed by atoms with Gasteiger partial charge in [0.2, 0.25) is 5.91 Å². The van der Waals surface area contributed by atoms with E-state index in [1.54, 1.807) is 11.3 Å². The third-order valence-corrected chi connectivity index (χ3v) is 5.16. The minimum absolute atomic E-state index is 0.0452. The number of likely N-dealkylation sites (tertiary alicyclic amines) is 1. The molecule has 1 saturated heterocycles. The first-order valence-corrected chi connectivity index (χ1v) is 8.70. The van der Waals surface area contributed by atoms with Gasteiger partial charge in [-0.2, -0.15) is 0 Å². The van der Waals surface area contributed by atoms with Crippen LogP contribution < -0.4 is 5.32 Å². The molecule has 6 heteroatoms. The van der Waals surface area contributed by atoms with E-state index in [1.807, 2.05) is 6.07 Å². The van der Waals surface area contributed by atoms with Crippen molar-refractivity contribution in [3.05, 3.63) is 22.4 Å². The van der Waals surface area contributed by atoms with E-state index in [-0.39, 0.29) is 24.8 Å². The van der Waals surface area contributed by atoms with Gasteiger partial charge in [-0.1, -0.05) is 13.0 Å². The summed E-state index contributed by atoms with van der Waals surface area (Å²) in [6, 6.07) is 4.34. The number of aliphatic carboxylic acids is 1. The zero-order valence-electron chi connectivity index (χ0n) is 13.0. The summed E-state index contributed by atoms with van der Waals surface area (Å²) in [5.41, 5.74) is 0. The van der Waals surface area contributed by atoms with Crippen LogP contribution in [0.2, 0.25) is 0 Å². The Hall–Kier alpha value is -1.40. The van der Waals surface area contributed by atoms with Crippen LogP contribution in [-0.4, -0.2) is 41.5 Å². The summed E-state index contributed by atoms with van der Waals surface area (Å²) in [7, 11) is 0. The molecule has 1 amide bonds. The average Bonchev–Trinajstić information content (AvgIpc) is 3.01. The van der Waals surface area contributed by atoms with Gasteiger partial charge in [0.1, 0.15) is 0 Å². The summed E-state index contributed by atoms with van der Waals surface area (Å²) in [4.78, 5) is 26.0. The van der Waals surface area contributed by atoms with Crippen LogP contribution in [0.25, 0.3) is 0 Å². The number of carboxylic acid groups (broad SMARTS) is 1. The Morgan fingerprint density at radius 2 is 2.14 bits per heavy atom. The highest BCUT2D eigenvalue weighted by Crippen LogP contribution is 2.29. The van der Waals surface area contributed by atoms with Gasteiger partial charge in [0.25, 0.3) is 0 Å². The van der Waals surface area contributed by atoms with Crippen molar-refractivity contribution in [1.29, 1.82) is 0 Å². The van der Waals surface area contributed by atoms with Crippen LogP contribution in [0.5, 0.6) is 0 Å². The summed E-state index contributed by atoms with van der Waals surface area (Å²) in [6.07, 6.45) is 2.31. The maximum absolute atomic E-state index is 11.8. The molecule has 2 N–H and O–H groups in total. The van der Waals surface area contributed by atoms with Crippen molar-refractivity contribution in [2.45, 2.75) is 38.6 Å². The fourth-order valence-electron chi connectivity index (χ4n) is 2.75. The van der Waals surface area contributed by atoms with Crippen LogP contribution in [0, 0.1) is 5.92 Å². The maximum atomic E-state index is 11.8. The van der Waals surface area contributed by atoms with Crippen LogP contribution in [0.3, 0.4) is 0 Å². The minimum Gasteiger partial charge on any atom is -0.481 e. The van der Waals surface area contributed by atoms with E-state index in [2.05, 4.69) is 28.6 Å². The second-order valence-corrected chi connectivity index (χ2v) is 6.93. The Kier molecular flexibility index (Phi) is 6.39. The third kappa shape index (κ3) is 5.10. The Labute approximate surface area is 135 Å². The number of rotatable bonds is 7. The molecular weight excluding hydrogens is 300 g/mol. The predicted octanol–water partition coefficient (Wildman–Crippen LogP) is 2.50. The highest BCUT2D eigenvalue weighted by Gasteiger charge is 2.25. The third-order valence-electron chi connectivity index (χ3n) is 4.19. The molecule has 0 aliphatic carbocycles. The number of amides is 1. The summed E-state index contributed by atoms with van der Waals surface area (Å²) in [5.74, 6) is -0.352. The molecule has 1 unspecified atom stereocenters. The molecule has 5 nitrogen and oxygen atoms in total. The molecular formula is C16H24N2O3S. The first-order valence-electron chi connectivity index (χ1n) is 7.82. The Bertz CT molecular complexity index is 482. The second kappa shape index (κ2) is 8.29. The highest BCUT2D eigenvalue weighted by molar-refractivity contribution is 7.10. The van der Waals surface area contributed by atoms with E-state index < -0.39 is 5.97 Å². The fraction of sp³-hybridized carbons (Fsp3) is 0.625. The zero-order chi connectivity index (χ0) is 15.9. The Morgan fingerprint density at radius 3 is 2.73 bits per heavy atom. The molecule has 22 heavy (non-hydrogen) atoms. The van der Waals surface area contributed by atoms with E-state index in [1.165, 1.54) is 17.7 Å². The quantitative estimate of drug-likeness (QED) is 0.808. The van der Waals surface area contributed by atoms with Gasteiger partial charge in [-0.3, -0.25) is 14.5 Å². The molecule has 0 saturated carbocycles. The average molecular weight is 324 g/mol. The van der Waals surface area contributed by atoms with Gasteiger partial charge in [-0.25, -0.2) is 0 Å². The van der Waals surface area contributed by atoms with Gasteiger partial charge in [0, 0.05) is 17.8 Å². The lowest BCUT2D eigenvalue weighted by molar-refractivity contribution is -0.138. The molecule has 0 bridgehead atoms. The summed E-state index contributed by atoms with van der Waals surface area (Å²) in [5, 5.41) is 13.6. The number of hydrogen-bond donors (Lipinski definition) is 2. The van der Waals surface area contributed by atoms with Crippen molar-refractivity contribution < 1.29 is 14.7 Å². The lowest BCUT2D eigenvalue weighted by Gasteiger charge is -2.36. The normalized spacial score (nSPS) is 18.0. The van der Waals surface area contributed by atoms with E-state index in [0.717, 1.165) is 19.0 Å². The van der Waals surface area contributed by atoms with Gasteiger partial charge in [0.15, 0.2) is 0 Å². The highest BCUT2D eigenvalue weighted by atomic mass is 32.1. The number of carbonyl (C=O) groups excluding carboxylic acids is 1. The molecule has 1 atom stereocenters. The maximum Gasteiger partial charge on any atom is 0.303 e. The largest absolute Gasteiger partial charge is 0.481 e. The van der Waals surface area contributed by atoms with Crippen LogP contribution in [0.1, 0.15) is 43.5 Å². The zero-order valence-corrected chi connectivity index (χ0v) is 13.8. The Balaban J connectivity index is 1.91. The molecule has 1 aliphatic heterocycles. The summed E-state index contributed by atoms with van der Waals surface area (Å²) in [6.45, 7) is 4.93. The van der Waals surface area contributed by atoms with Crippen LogP contribution in [0.15, 0.2) is 17.5 Å². The topological polar surface area (TPSA) is 69.6 Å². The summed E-state index contributed by atoms with van der Waals surface area (Å²) >= 11 is 1.71. The molecule has 0 aromatic carbocycles. The van der Waals surface area contributed by atoms with Crippen molar-refractivity contribution in [2.24, 2.45) is 5.92 Å². The molecule has 2 heterocycles. The van der Waals surface area contributed by atoms with Crippen molar-refractivity contribution in [3.8, 4) is 0 Å². The first-order chi connectivity index (χ1) is 10.6. The van der Waals surface area contributed by atoms with Gasteiger partial charge in [-0.15, -0.1) is 11.3 Å². The second-order valence-electron chi connectivity index (χ2n) is 5.95. The molecule has 122 valence electrons. The number of nitrogens with one attached hydrogen (secondary N) is 1. The minimum atomic E-state index is -0.935. The fourth-order valence-corrected chi connectivity index (χ4v) is 3.61. The van der Waals surface area contributed by atoms with Gasteiger partial charge >= 0.3 is 5.97 Å². The smallest absolute Gasteiger partial charge is 0.303 e. The Morgan fingerprint density at radius 1 is 1.41 bits per heavy atom. The molecule has 0 spiro atoms. The molecule has 0 radical (unpaired) electrons. The number of piperidine rings is 1. The number of carbonyl (C=O) groups is 2. The number of nitrogens with zero attached hydrogens (tertiary/aromatic N) is 1. The van der Waals surface area contributed by atoms with Gasteiger partial charge in [-0.05, 0) is 43.3 Å². The van der Waals surface area contributed by atoms with E-state index in [4.69, 9.17) is 5.11 Å². The number of carboxylic acids is 1. The first kappa shape index (κ1) is 17.0. The van der Waals surface area contributed by atoms with Crippen molar-refractivity contribution >= 4 is 23.2 Å². The standard InChI is InChI=1S/C16H24N2O3S/c1-12-6-8-18(9-7-12)13(14-3-2-10-22-14)11-17-15(19)4-5-16(20)21/h2-3,10,12-13H,4-9,11H2,1H3,(H,17,19)(H,20,21). The van der Waals surface area contributed by atoms with Crippen LogP contribution in [0.4, 0.5) is 0 Å². The number of hydrogen-bond acceptors (Lipinski definition) is 4. The van der Waals surface area contributed by atoms with Crippen molar-refractivity contribution in [2.75, 3.05) is 19.6 Å². The van der Waals surface area contributed by atoms with E-state index in [9.17, 15) is 9.59 Å².